The van der Waals surface area contributed by atoms with Gasteiger partial charge in [-0.2, -0.15) is 0 Å². The molecule has 1 aliphatic heterocycles. The number of rotatable bonds is 4. The lowest BCUT2D eigenvalue weighted by molar-refractivity contribution is -0.139. The molecule has 0 saturated carbocycles. The number of nitrogens with one attached hydrogen (secondary N) is 1. The number of aromatic nitrogens is 2. The average Bonchev–Trinajstić information content (AvgIpc) is 2.85. The van der Waals surface area contributed by atoms with Crippen LogP contribution in [0.4, 0.5) is 0 Å². The predicted octanol–water partition coefficient (Wildman–Crippen LogP) is -0.132. The van der Waals surface area contributed by atoms with Crippen LogP contribution in [0.15, 0.2) is 18.7 Å². The van der Waals surface area contributed by atoms with Crippen LogP contribution in [0.3, 0.4) is 0 Å². The van der Waals surface area contributed by atoms with Gasteiger partial charge in [-0.25, -0.2) is 4.98 Å². The molecule has 1 fully saturated rings. The second-order valence-electron chi connectivity index (χ2n) is 4.60. The van der Waals surface area contributed by atoms with E-state index >= 15 is 0 Å². The summed E-state index contributed by atoms with van der Waals surface area (Å²) in [6, 6.07) is 0. The smallest absolute Gasteiger partial charge is 0.223 e. The molecular weight excluding hydrogens is 232 g/mol. The molecule has 18 heavy (non-hydrogen) atoms. The van der Waals surface area contributed by atoms with Crippen molar-refractivity contribution in [2.75, 3.05) is 20.1 Å². The zero-order valence-corrected chi connectivity index (χ0v) is 10.5. The summed E-state index contributed by atoms with van der Waals surface area (Å²) in [5.74, 6) is -0.135. The molecule has 6 heteroatoms. The molecule has 0 bridgehead atoms. The minimum Gasteiger partial charge on any atom is -0.354 e. The van der Waals surface area contributed by atoms with Gasteiger partial charge in [0.15, 0.2) is 0 Å². The van der Waals surface area contributed by atoms with Crippen molar-refractivity contribution < 1.29 is 9.59 Å². The van der Waals surface area contributed by atoms with Crippen molar-refractivity contribution in [2.24, 2.45) is 5.92 Å². The van der Waals surface area contributed by atoms with Crippen LogP contribution in [0.25, 0.3) is 0 Å². The van der Waals surface area contributed by atoms with Crippen molar-refractivity contribution in [1.29, 1.82) is 0 Å². The zero-order valence-electron chi connectivity index (χ0n) is 10.5. The SMILES string of the molecule is CN1CCC(C(=O)NCCn2ccnc2)CC1=O. The maximum Gasteiger partial charge on any atom is 0.223 e. The molecule has 0 radical (unpaired) electrons. The molecule has 6 nitrogen and oxygen atoms in total. The molecule has 1 N–H and O–H groups in total. The van der Waals surface area contributed by atoms with Crippen molar-refractivity contribution in [3.05, 3.63) is 18.7 Å². The first-order valence-corrected chi connectivity index (χ1v) is 6.14. The first-order chi connectivity index (χ1) is 8.66. The summed E-state index contributed by atoms with van der Waals surface area (Å²) in [5, 5.41) is 2.87. The van der Waals surface area contributed by atoms with Crippen molar-refractivity contribution in [3.63, 3.8) is 0 Å². The molecule has 1 aromatic rings. The topological polar surface area (TPSA) is 67.2 Å². The highest BCUT2D eigenvalue weighted by molar-refractivity contribution is 5.86. The molecule has 0 aliphatic carbocycles. The maximum atomic E-state index is 11.9. The molecule has 1 atom stereocenters. The number of hydrogen-bond donors (Lipinski definition) is 1. The van der Waals surface area contributed by atoms with Gasteiger partial charge in [0.1, 0.15) is 0 Å². The number of amides is 2. The zero-order chi connectivity index (χ0) is 13.0. The second kappa shape index (κ2) is 5.66. The molecule has 1 aromatic heterocycles. The Labute approximate surface area is 106 Å². The van der Waals surface area contributed by atoms with Crippen LogP contribution in [0.1, 0.15) is 12.8 Å². The van der Waals surface area contributed by atoms with Gasteiger partial charge < -0.3 is 14.8 Å². The van der Waals surface area contributed by atoms with E-state index in [1.807, 2.05) is 10.8 Å². The van der Waals surface area contributed by atoms with Gasteiger partial charge in [-0.15, -0.1) is 0 Å². The highest BCUT2D eigenvalue weighted by atomic mass is 16.2. The van der Waals surface area contributed by atoms with E-state index in [1.165, 1.54) is 0 Å². The molecule has 2 amide bonds. The Bertz CT molecular complexity index is 416. The summed E-state index contributed by atoms with van der Waals surface area (Å²) < 4.78 is 1.90. The molecule has 0 aromatic carbocycles. The fourth-order valence-corrected chi connectivity index (χ4v) is 2.04. The van der Waals surface area contributed by atoms with Gasteiger partial charge in [0.2, 0.25) is 11.8 Å². The minimum atomic E-state index is -0.170. The van der Waals surface area contributed by atoms with Gasteiger partial charge in [-0.1, -0.05) is 0 Å². The van der Waals surface area contributed by atoms with E-state index in [0.717, 1.165) is 6.42 Å². The van der Waals surface area contributed by atoms with E-state index in [-0.39, 0.29) is 17.7 Å². The number of piperidine rings is 1. The number of carbonyl (C=O) groups excluding carboxylic acids is 2. The van der Waals surface area contributed by atoms with Crippen molar-refractivity contribution in [1.82, 2.24) is 19.8 Å². The minimum absolute atomic E-state index is 0.0171. The molecule has 1 saturated heterocycles. The van der Waals surface area contributed by atoms with E-state index in [1.54, 1.807) is 24.5 Å². The normalized spacial score (nSPS) is 19.9. The number of imidazole rings is 1. The van der Waals surface area contributed by atoms with Crippen LogP contribution in [0, 0.1) is 5.92 Å². The van der Waals surface area contributed by atoms with Crippen LogP contribution in [-0.2, 0) is 16.1 Å². The largest absolute Gasteiger partial charge is 0.354 e. The fourth-order valence-electron chi connectivity index (χ4n) is 2.04. The highest BCUT2D eigenvalue weighted by Crippen LogP contribution is 2.16. The van der Waals surface area contributed by atoms with Crippen LogP contribution >= 0.6 is 0 Å². The van der Waals surface area contributed by atoms with Gasteiger partial charge in [0.05, 0.1) is 6.33 Å². The summed E-state index contributed by atoms with van der Waals surface area (Å²) >= 11 is 0. The van der Waals surface area contributed by atoms with E-state index in [0.29, 0.717) is 26.1 Å². The average molecular weight is 250 g/mol. The number of carbonyl (C=O) groups is 2. The monoisotopic (exact) mass is 250 g/mol. The second-order valence-corrected chi connectivity index (χ2v) is 4.60. The molecule has 2 heterocycles. The van der Waals surface area contributed by atoms with Crippen LogP contribution < -0.4 is 5.32 Å². The number of hydrogen-bond acceptors (Lipinski definition) is 3. The van der Waals surface area contributed by atoms with Gasteiger partial charge in [0, 0.05) is 51.4 Å². The Morgan fingerprint density at radius 3 is 3.11 bits per heavy atom. The van der Waals surface area contributed by atoms with Crippen molar-refractivity contribution >= 4 is 11.8 Å². The van der Waals surface area contributed by atoms with Gasteiger partial charge in [-0.05, 0) is 6.42 Å². The lowest BCUT2D eigenvalue weighted by atomic mass is 9.96. The Morgan fingerprint density at radius 2 is 2.44 bits per heavy atom. The molecule has 2 rings (SSSR count). The third-order valence-corrected chi connectivity index (χ3v) is 3.26. The van der Waals surface area contributed by atoms with Gasteiger partial charge in [-0.3, -0.25) is 9.59 Å². The Hall–Kier alpha value is -1.85. The molecule has 1 unspecified atom stereocenters. The molecular formula is C12H18N4O2. The van der Waals surface area contributed by atoms with Crippen molar-refractivity contribution in [3.8, 4) is 0 Å². The first kappa shape index (κ1) is 12.6. The van der Waals surface area contributed by atoms with E-state index in [9.17, 15) is 9.59 Å². The summed E-state index contributed by atoms with van der Waals surface area (Å²) in [4.78, 5) is 29.0. The maximum absolute atomic E-state index is 11.9. The number of nitrogens with zero attached hydrogens (tertiary/aromatic N) is 3. The predicted molar refractivity (Wildman–Crippen MR) is 65.6 cm³/mol. The number of likely N-dealkylation sites (tertiary alicyclic amines) is 1. The van der Waals surface area contributed by atoms with E-state index < -0.39 is 0 Å². The Morgan fingerprint density at radius 1 is 1.61 bits per heavy atom. The third kappa shape index (κ3) is 3.09. The summed E-state index contributed by atoms with van der Waals surface area (Å²) in [6.07, 6.45) is 6.35. The molecule has 98 valence electrons. The van der Waals surface area contributed by atoms with Crippen LogP contribution in [0.5, 0.6) is 0 Å². The summed E-state index contributed by atoms with van der Waals surface area (Å²) in [6.45, 7) is 1.93. The lowest BCUT2D eigenvalue weighted by Gasteiger charge is -2.27. The van der Waals surface area contributed by atoms with E-state index in [4.69, 9.17) is 0 Å². The third-order valence-electron chi connectivity index (χ3n) is 3.26. The standard InChI is InChI=1S/C12H18N4O2/c1-15-5-2-10(8-11(15)17)12(18)14-4-7-16-6-3-13-9-16/h3,6,9-10H,2,4-5,7-8H2,1H3,(H,14,18). The summed E-state index contributed by atoms with van der Waals surface area (Å²) in [7, 11) is 1.77. The van der Waals surface area contributed by atoms with Crippen molar-refractivity contribution in [2.45, 2.75) is 19.4 Å². The molecule has 1 aliphatic rings. The van der Waals surface area contributed by atoms with E-state index in [2.05, 4.69) is 10.3 Å². The molecule has 0 spiro atoms. The van der Waals surface area contributed by atoms with Crippen LogP contribution in [0.2, 0.25) is 0 Å². The highest BCUT2D eigenvalue weighted by Gasteiger charge is 2.28. The van der Waals surface area contributed by atoms with Gasteiger partial charge in [0.25, 0.3) is 0 Å². The Kier molecular flexibility index (Phi) is 3.96. The quantitative estimate of drug-likeness (QED) is 0.809. The Balaban J connectivity index is 1.73. The summed E-state index contributed by atoms with van der Waals surface area (Å²) in [5.41, 5.74) is 0. The fraction of sp³-hybridized carbons (Fsp3) is 0.583. The van der Waals surface area contributed by atoms with Crippen LogP contribution in [-0.4, -0.2) is 46.4 Å². The lowest BCUT2D eigenvalue weighted by Crippen LogP contribution is -2.42. The van der Waals surface area contributed by atoms with Gasteiger partial charge >= 0.3 is 0 Å². The first-order valence-electron chi connectivity index (χ1n) is 6.14.